The Morgan fingerprint density at radius 1 is 1.19 bits per heavy atom. The Labute approximate surface area is 120 Å². The second kappa shape index (κ2) is 5.96. The van der Waals surface area contributed by atoms with Gasteiger partial charge in [0.05, 0.1) is 0 Å². The molecule has 0 bridgehead atoms. The van der Waals surface area contributed by atoms with Crippen molar-refractivity contribution in [3.05, 3.63) is 65.2 Å². The molecule has 0 spiro atoms. The summed E-state index contributed by atoms with van der Waals surface area (Å²) in [5.41, 5.74) is 8.39. The number of hydrogen-bond donors (Lipinski definition) is 4. The van der Waals surface area contributed by atoms with Crippen LogP contribution in [0.4, 0.5) is 5.69 Å². The van der Waals surface area contributed by atoms with Gasteiger partial charge in [0, 0.05) is 35.6 Å². The molecular weight excluding hydrogens is 272 g/mol. The van der Waals surface area contributed by atoms with Crippen LogP contribution in [0, 0.1) is 0 Å². The Kier molecular flexibility index (Phi) is 4.08. The van der Waals surface area contributed by atoms with Crippen molar-refractivity contribution in [3.8, 4) is 0 Å². The van der Waals surface area contributed by atoms with E-state index in [0.29, 0.717) is 18.2 Å². The molecule has 0 unspecified atom stereocenters. The van der Waals surface area contributed by atoms with Gasteiger partial charge in [-0.15, -0.1) is 0 Å². The number of carboxylic acids is 1. The normalized spacial score (nSPS) is 11.3. The molecule has 0 saturated carbocycles. The Balaban J connectivity index is 2.11. The number of nitrogens with two attached hydrogens (primary N) is 1. The smallest absolute Gasteiger partial charge is 0.371 e. The van der Waals surface area contributed by atoms with Gasteiger partial charge in [-0.2, -0.15) is 0 Å². The first kappa shape index (κ1) is 14.4. The molecule has 1 aromatic carbocycles. The van der Waals surface area contributed by atoms with Gasteiger partial charge in [-0.25, -0.2) is 4.79 Å². The minimum atomic E-state index is -1.54. The molecule has 0 fully saturated rings. The van der Waals surface area contributed by atoms with Gasteiger partial charge in [0.25, 0.3) is 0 Å². The van der Waals surface area contributed by atoms with Crippen molar-refractivity contribution < 1.29 is 19.8 Å². The molecule has 21 heavy (non-hydrogen) atoms. The molecule has 2 aromatic rings. The number of allylic oxidation sites excluding steroid dienone is 1. The molecule has 1 aromatic heterocycles. The summed E-state index contributed by atoms with van der Waals surface area (Å²) in [6, 6.07) is 8.96. The molecule has 0 radical (unpaired) electrons. The van der Waals surface area contributed by atoms with Crippen molar-refractivity contribution in [1.82, 2.24) is 4.98 Å². The Hall–Kier alpha value is -3.02. The van der Waals surface area contributed by atoms with E-state index in [0.717, 1.165) is 11.3 Å². The third kappa shape index (κ3) is 3.73. The van der Waals surface area contributed by atoms with Crippen molar-refractivity contribution in [2.24, 2.45) is 0 Å². The minimum absolute atomic E-state index is 0.285. The summed E-state index contributed by atoms with van der Waals surface area (Å²) in [7, 11) is 0. The maximum atomic E-state index is 11.7. The molecule has 1 heterocycles. The number of anilines is 1. The van der Waals surface area contributed by atoms with Crippen molar-refractivity contribution >= 4 is 17.4 Å². The van der Waals surface area contributed by atoms with Crippen LogP contribution in [0.5, 0.6) is 0 Å². The number of H-pyrrole nitrogens is 1. The van der Waals surface area contributed by atoms with Gasteiger partial charge in [0.1, 0.15) is 0 Å². The summed E-state index contributed by atoms with van der Waals surface area (Å²) in [4.78, 5) is 25.1. The van der Waals surface area contributed by atoms with Crippen LogP contribution < -0.4 is 5.73 Å². The third-order valence-corrected chi connectivity index (χ3v) is 2.89. The lowest BCUT2D eigenvalue weighted by atomic mass is 10.1. The second-order valence-corrected chi connectivity index (χ2v) is 4.53. The van der Waals surface area contributed by atoms with Crippen molar-refractivity contribution in [1.29, 1.82) is 0 Å². The summed E-state index contributed by atoms with van der Waals surface area (Å²) >= 11 is 0. The van der Waals surface area contributed by atoms with Gasteiger partial charge in [0.15, 0.2) is 5.78 Å². The molecule has 108 valence electrons. The number of carbonyl (C=O) groups is 2. The van der Waals surface area contributed by atoms with Gasteiger partial charge < -0.3 is 20.9 Å². The van der Waals surface area contributed by atoms with Crippen molar-refractivity contribution in [3.63, 3.8) is 0 Å². The number of carboxylic acid groups (broad SMARTS) is 1. The van der Waals surface area contributed by atoms with E-state index in [1.165, 1.54) is 6.20 Å². The fourth-order valence-corrected chi connectivity index (χ4v) is 1.81. The molecule has 0 amide bonds. The van der Waals surface area contributed by atoms with Crippen molar-refractivity contribution in [2.45, 2.75) is 6.42 Å². The first-order valence-corrected chi connectivity index (χ1v) is 6.15. The first-order chi connectivity index (χ1) is 9.95. The molecule has 0 saturated heterocycles. The predicted molar refractivity (Wildman–Crippen MR) is 77.1 cm³/mol. The maximum Gasteiger partial charge on any atom is 0.371 e. The zero-order valence-corrected chi connectivity index (χ0v) is 11.0. The number of nitrogen functional groups attached to an aromatic ring is 1. The molecule has 0 atom stereocenters. The van der Waals surface area contributed by atoms with Crippen LogP contribution in [0.2, 0.25) is 0 Å². The van der Waals surface area contributed by atoms with E-state index in [1.54, 1.807) is 18.2 Å². The minimum Gasteiger partial charge on any atom is -0.502 e. The lowest BCUT2D eigenvalue weighted by Crippen LogP contribution is -2.03. The number of aliphatic hydroxyl groups excluding tert-OH is 1. The monoisotopic (exact) mass is 286 g/mol. The molecule has 6 heteroatoms. The highest BCUT2D eigenvalue weighted by atomic mass is 16.4. The summed E-state index contributed by atoms with van der Waals surface area (Å²) in [5, 5.41) is 17.6. The Morgan fingerprint density at radius 3 is 2.48 bits per heavy atom. The number of carbonyl (C=O) groups excluding carboxylic acids is 1. The van der Waals surface area contributed by atoms with Crippen LogP contribution in [-0.2, 0) is 11.2 Å². The number of benzene rings is 1. The highest BCUT2D eigenvalue weighted by molar-refractivity contribution is 6.07. The van der Waals surface area contributed by atoms with E-state index in [1.807, 2.05) is 12.1 Å². The highest BCUT2D eigenvalue weighted by Gasteiger charge is 2.11. The number of nitrogens with one attached hydrogen (secondary N) is 1. The average Bonchev–Trinajstić information content (AvgIpc) is 2.90. The fraction of sp³-hybridized carbons (Fsp3) is 0.0667. The number of hydrogen-bond acceptors (Lipinski definition) is 4. The molecule has 6 nitrogen and oxygen atoms in total. The van der Waals surface area contributed by atoms with Gasteiger partial charge >= 0.3 is 5.97 Å². The summed E-state index contributed by atoms with van der Waals surface area (Å²) in [5.74, 6) is -3.10. The predicted octanol–water partition coefficient (Wildman–Crippen LogP) is 1.90. The van der Waals surface area contributed by atoms with Gasteiger partial charge in [-0.05, 0) is 23.8 Å². The number of aromatic amines is 1. The molecule has 0 aliphatic heterocycles. The number of ketones is 1. The van der Waals surface area contributed by atoms with Crippen LogP contribution in [0.25, 0.3) is 0 Å². The molecular formula is C15H14N2O4. The summed E-state index contributed by atoms with van der Waals surface area (Å²) in [6.07, 6.45) is 2.74. The van der Waals surface area contributed by atoms with Crippen molar-refractivity contribution in [2.75, 3.05) is 5.73 Å². The molecule has 5 N–H and O–H groups in total. The van der Waals surface area contributed by atoms with E-state index >= 15 is 0 Å². The van der Waals surface area contributed by atoms with Crippen LogP contribution in [-0.4, -0.2) is 26.9 Å². The van der Waals surface area contributed by atoms with Gasteiger partial charge in [-0.1, -0.05) is 12.1 Å². The standard InChI is InChI=1S/C15H14N2O4/c16-11-3-1-9(2-4-11)5-12-6-10(8-17-12)13(18)7-14(19)15(20)21/h1-4,6-8,17,19H,5,16H2,(H,20,21)/b14-7-. The van der Waals surface area contributed by atoms with Crippen LogP contribution in [0.1, 0.15) is 21.6 Å². The topological polar surface area (TPSA) is 116 Å². The van der Waals surface area contributed by atoms with Crippen LogP contribution >= 0.6 is 0 Å². The van der Waals surface area contributed by atoms with E-state index < -0.39 is 17.5 Å². The molecule has 2 rings (SSSR count). The first-order valence-electron chi connectivity index (χ1n) is 6.15. The average molecular weight is 286 g/mol. The largest absolute Gasteiger partial charge is 0.502 e. The van der Waals surface area contributed by atoms with E-state index in [4.69, 9.17) is 15.9 Å². The third-order valence-electron chi connectivity index (χ3n) is 2.89. The molecule has 0 aliphatic carbocycles. The van der Waals surface area contributed by atoms with E-state index in [9.17, 15) is 9.59 Å². The van der Waals surface area contributed by atoms with E-state index in [2.05, 4.69) is 4.98 Å². The quantitative estimate of drug-likeness (QED) is 0.290. The lowest BCUT2D eigenvalue weighted by Gasteiger charge is -1.99. The summed E-state index contributed by atoms with van der Waals surface area (Å²) < 4.78 is 0. The highest BCUT2D eigenvalue weighted by Crippen LogP contribution is 2.13. The molecule has 0 aliphatic rings. The lowest BCUT2D eigenvalue weighted by molar-refractivity contribution is -0.135. The maximum absolute atomic E-state index is 11.7. The fourth-order valence-electron chi connectivity index (χ4n) is 1.81. The zero-order chi connectivity index (χ0) is 15.4. The SMILES string of the molecule is Nc1ccc(Cc2cc(C(=O)/C=C(\O)C(=O)O)c[nH]2)cc1. The van der Waals surface area contributed by atoms with Gasteiger partial charge in [0.2, 0.25) is 5.76 Å². The van der Waals surface area contributed by atoms with Crippen LogP contribution in [0.15, 0.2) is 48.4 Å². The number of aliphatic carboxylic acids is 1. The Morgan fingerprint density at radius 2 is 1.86 bits per heavy atom. The number of aliphatic hydroxyl groups is 1. The second-order valence-electron chi connectivity index (χ2n) is 4.53. The van der Waals surface area contributed by atoms with Gasteiger partial charge in [-0.3, -0.25) is 4.79 Å². The number of aromatic nitrogens is 1. The Bertz CT molecular complexity index is 699. The van der Waals surface area contributed by atoms with E-state index in [-0.39, 0.29) is 5.56 Å². The summed E-state index contributed by atoms with van der Waals surface area (Å²) in [6.45, 7) is 0. The zero-order valence-electron chi connectivity index (χ0n) is 11.0. The van der Waals surface area contributed by atoms with Crippen LogP contribution in [0.3, 0.4) is 0 Å². The number of rotatable bonds is 5.